The number of amides is 1. The van der Waals surface area contributed by atoms with Gasteiger partial charge in [-0.2, -0.15) is 0 Å². The minimum atomic E-state index is -0.507. The first-order valence-electron chi connectivity index (χ1n) is 9.52. The van der Waals surface area contributed by atoms with Gasteiger partial charge in [0.2, 0.25) is 0 Å². The number of halogens is 1. The monoisotopic (exact) mass is 441 g/mol. The van der Waals surface area contributed by atoms with E-state index in [9.17, 15) is 9.59 Å². The van der Waals surface area contributed by atoms with Crippen molar-refractivity contribution >= 4 is 33.9 Å². The molecule has 1 aliphatic heterocycles. The van der Waals surface area contributed by atoms with E-state index in [0.29, 0.717) is 5.92 Å². The summed E-state index contributed by atoms with van der Waals surface area (Å²) in [4.78, 5) is 26.0. The van der Waals surface area contributed by atoms with Crippen LogP contribution in [0.15, 0.2) is 65.1 Å². The SMILES string of the molecule is O=C(C=Cc1cccc(Br)c1)OCC(=O)N1CCC(Cc2ccccc2)CC1. The van der Waals surface area contributed by atoms with Gasteiger partial charge in [-0.25, -0.2) is 4.79 Å². The first-order chi connectivity index (χ1) is 13.6. The van der Waals surface area contributed by atoms with Crippen molar-refractivity contribution in [3.63, 3.8) is 0 Å². The molecule has 0 aromatic heterocycles. The van der Waals surface area contributed by atoms with E-state index in [4.69, 9.17) is 4.74 Å². The van der Waals surface area contributed by atoms with Crippen LogP contribution in [0, 0.1) is 5.92 Å². The van der Waals surface area contributed by atoms with E-state index in [0.717, 1.165) is 42.4 Å². The molecule has 0 bridgehead atoms. The molecule has 1 heterocycles. The van der Waals surface area contributed by atoms with Crippen LogP contribution in [-0.4, -0.2) is 36.5 Å². The van der Waals surface area contributed by atoms with Crippen LogP contribution in [-0.2, 0) is 20.7 Å². The van der Waals surface area contributed by atoms with E-state index in [1.165, 1.54) is 11.6 Å². The summed E-state index contributed by atoms with van der Waals surface area (Å²) in [6.45, 7) is 1.24. The molecular weight excluding hydrogens is 418 g/mol. The van der Waals surface area contributed by atoms with Crippen molar-refractivity contribution in [2.75, 3.05) is 19.7 Å². The van der Waals surface area contributed by atoms with Gasteiger partial charge >= 0.3 is 5.97 Å². The Morgan fingerprint density at radius 3 is 2.54 bits per heavy atom. The van der Waals surface area contributed by atoms with Gasteiger partial charge in [-0.15, -0.1) is 0 Å². The number of ether oxygens (including phenoxy) is 1. The van der Waals surface area contributed by atoms with Gasteiger partial charge in [0.15, 0.2) is 6.61 Å². The first-order valence-corrected chi connectivity index (χ1v) is 10.3. The molecule has 1 amide bonds. The van der Waals surface area contributed by atoms with E-state index in [2.05, 4.69) is 40.2 Å². The third kappa shape index (κ3) is 6.34. The van der Waals surface area contributed by atoms with Gasteiger partial charge in [0.25, 0.3) is 5.91 Å². The van der Waals surface area contributed by atoms with Crippen molar-refractivity contribution in [3.05, 3.63) is 76.3 Å². The summed E-state index contributed by atoms with van der Waals surface area (Å²) < 4.78 is 6.04. The normalized spacial score (nSPS) is 15.0. The summed E-state index contributed by atoms with van der Waals surface area (Å²) in [5.74, 6) is -0.0308. The molecule has 0 atom stereocenters. The molecule has 146 valence electrons. The minimum absolute atomic E-state index is 0.123. The lowest BCUT2D eigenvalue weighted by Crippen LogP contribution is -2.41. The Morgan fingerprint density at radius 1 is 1.07 bits per heavy atom. The fourth-order valence-electron chi connectivity index (χ4n) is 3.38. The van der Waals surface area contributed by atoms with Crippen LogP contribution in [0.2, 0.25) is 0 Å². The molecule has 2 aromatic carbocycles. The fourth-order valence-corrected chi connectivity index (χ4v) is 3.80. The van der Waals surface area contributed by atoms with Gasteiger partial charge in [0.1, 0.15) is 0 Å². The predicted molar refractivity (Wildman–Crippen MR) is 114 cm³/mol. The zero-order valence-corrected chi connectivity index (χ0v) is 17.3. The van der Waals surface area contributed by atoms with Crippen molar-refractivity contribution in [2.24, 2.45) is 5.92 Å². The van der Waals surface area contributed by atoms with E-state index in [1.54, 1.807) is 11.0 Å². The molecule has 0 aliphatic carbocycles. The molecule has 0 unspecified atom stereocenters. The van der Waals surface area contributed by atoms with Crippen LogP contribution < -0.4 is 0 Å². The molecule has 5 heteroatoms. The lowest BCUT2D eigenvalue weighted by atomic mass is 9.90. The first kappa shape index (κ1) is 20.3. The van der Waals surface area contributed by atoms with E-state index in [-0.39, 0.29) is 12.5 Å². The summed E-state index contributed by atoms with van der Waals surface area (Å²) in [5, 5.41) is 0. The van der Waals surface area contributed by atoms with Crippen molar-refractivity contribution in [1.29, 1.82) is 0 Å². The van der Waals surface area contributed by atoms with E-state index in [1.807, 2.05) is 30.3 Å². The summed E-state index contributed by atoms with van der Waals surface area (Å²) >= 11 is 3.39. The van der Waals surface area contributed by atoms with Crippen LogP contribution in [0.5, 0.6) is 0 Å². The van der Waals surface area contributed by atoms with Gasteiger partial charge in [-0.3, -0.25) is 4.79 Å². The summed E-state index contributed by atoms with van der Waals surface area (Å²) in [6.07, 6.45) is 6.04. The largest absolute Gasteiger partial charge is 0.452 e. The van der Waals surface area contributed by atoms with Gasteiger partial charge in [-0.05, 0) is 54.5 Å². The highest BCUT2D eigenvalue weighted by Crippen LogP contribution is 2.21. The average Bonchev–Trinajstić information content (AvgIpc) is 2.72. The smallest absolute Gasteiger partial charge is 0.331 e. The third-order valence-corrected chi connectivity index (χ3v) is 5.43. The van der Waals surface area contributed by atoms with Crippen molar-refractivity contribution in [1.82, 2.24) is 4.90 Å². The Kier molecular flexibility index (Phi) is 7.43. The highest BCUT2D eigenvalue weighted by Gasteiger charge is 2.23. The number of benzene rings is 2. The molecule has 4 nitrogen and oxygen atoms in total. The predicted octanol–water partition coefficient (Wildman–Crippen LogP) is 4.49. The van der Waals surface area contributed by atoms with Crippen molar-refractivity contribution in [2.45, 2.75) is 19.3 Å². The second-order valence-corrected chi connectivity index (χ2v) is 7.93. The number of piperidine rings is 1. The third-order valence-electron chi connectivity index (χ3n) is 4.93. The van der Waals surface area contributed by atoms with Gasteiger partial charge in [-0.1, -0.05) is 58.4 Å². The van der Waals surface area contributed by atoms with Crippen molar-refractivity contribution in [3.8, 4) is 0 Å². The highest BCUT2D eigenvalue weighted by molar-refractivity contribution is 9.10. The van der Waals surface area contributed by atoms with Gasteiger partial charge in [0.05, 0.1) is 0 Å². The quantitative estimate of drug-likeness (QED) is 0.490. The second-order valence-electron chi connectivity index (χ2n) is 7.01. The highest BCUT2D eigenvalue weighted by atomic mass is 79.9. The molecule has 0 radical (unpaired) electrons. The maximum absolute atomic E-state index is 12.3. The Balaban J connectivity index is 1.39. The zero-order chi connectivity index (χ0) is 19.8. The molecule has 1 saturated heterocycles. The maximum Gasteiger partial charge on any atom is 0.331 e. The summed E-state index contributed by atoms with van der Waals surface area (Å²) in [6, 6.07) is 18.0. The zero-order valence-electron chi connectivity index (χ0n) is 15.7. The second kappa shape index (κ2) is 10.2. The lowest BCUT2D eigenvalue weighted by Gasteiger charge is -2.32. The summed E-state index contributed by atoms with van der Waals surface area (Å²) in [5.41, 5.74) is 2.23. The number of carbonyl (C=O) groups excluding carboxylic acids is 2. The van der Waals surface area contributed by atoms with Crippen LogP contribution in [0.4, 0.5) is 0 Å². The number of hydrogen-bond donors (Lipinski definition) is 0. The number of rotatable bonds is 6. The molecule has 2 aromatic rings. The topological polar surface area (TPSA) is 46.6 Å². The fraction of sp³-hybridized carbons (Fsp3) is 0.304. The molecule has 1 aliphatic rings. The van der Waals surface area contributed by atoms with Crippen molar-refractivity contribution < 1.29 is 14.3 Å². The summed E-state index contributed by atoms with van der Waals surface area (Å²) in [7, 11) is 0. The van der Waals surface area contributed by atoms with Crippen LogP contribution in [0.25, 0.3) is 6.08 Å². The molecule has 0 spiro atoms. The average molecular weight is 442 g/mol. The molecule has 3 rings (SSSR count). The number of hydrogen-bond acceptors (Lipinski definition) is 3. The Bertz CT molecular complexity index is 827. The number of nitrogens with zero attached hydrogens (tertiary/aromatic N) is 1. The number of likely N-dealkylation sites (tertiary alicyclic amines) is 1. The molecule has 28 heavy (non-hydrogen) atoms. The number of esters is 1. The maximum atomic E-state index is 12.3. The van der Waals surface area contributed by atoms with Crippen LogP contribution in [0.1, 0.15) is 24.0 Å². The van der Waals surface area contributed by atoms with Crippen LogP contribution >= 0.6 is 15.9 Å². The van der Waals surface area contributed by atoms with E-state index >= 15 is 0 Å². The molecule has 1 fully saturated rings. The Hall–Kier alpha value is -2.40. The van der Waals surface area contributed by atoms with Gasteiger partial charge in [0, 0.05) is 23.6 Å². The van der Waals surface area contributed by atoms with Gasteiger partial charge < -0.3 is 9.64 Å². The standard InChI is InChI=1S/C23H24BrNO3/c24-21-8-4-7-19(16-21)9-10-23(27)28-17-22(26)25-13-11-20(12-14-25)15-18-5-2-1-3-6-18/h1-10,16,20H,11-15,17H2. The lowest BCUT2D eigenvalue weighted by molar-refractivity contribution is -0.148. The van der Waals surface area contributed by atoms with Crippen LogP contribution in [0.3, 0.4) is 0 Å². The molecule has 0 saturated carbocycles. The minimum Gasteiger partial charge on any atom is -0.452 e. The van der Waals surface area contributed by atoms with E-state index < -0.39 is 5.97 Å². The Morgan fingerprint density at radius 2 is 1.82 bits per heavy atom. The number of carbonyl (C=O) groups is 2. The molecule has 0 N–H and O–H groups in total. The Labute approximate surface area is 174 Å². The molecular formula is C23H24BrNO3.